The number of hydrogen-bond donors (Lipinski definition) is 0. The van der Waals surface area contributed by atoms with Crippen LogP contribution in [-0.4, -0.2) is 37.2 Å². The lowest BCUT2D eigenvalue weighted by Gasteiger charge is -2.18. The number of hydrogen-bond acceptors (Lipinski definition) is 6. The first-order valence-electron chi connectivity index (χ1n) is 26.0. The fourth-order valence-corrected chi connectivity index (χ4v) is 7.41. The minimum absolute atomic E-state index is 0.0741. The summed E-state index contributed by atoms with van der Waals surface area (Å²) in [5.41, 5.74) is 0. The number of carbonyl (C=O) groups is 3. The molecule has 0 aromatic carbocycles. The van der Waals surface area contributed by atoms with Crippen LogP contribution >= 0.6 is 0 Å². The Balaban J connectivity index is 4.30. The van der Waals surface area contributed by atoms with E-state index < -0.39 is 6.10 Å². The highest BCUT2D eigenvalue weighted by Gasteiger charge is 2.19. The van der Waals surface area contributed by atoms with Crippen molar-refractivity contribution in [1.82, 2.24) is 0 Å². The van der Waals surface area contributed by atoms with Crippen molar-refractivity contribution in [3.8, 4) is 0 Å². The van der Waals surface area contributed by atoms with E-state index in [0.29, 0.717) is 19.3 Å². The minimum atomic E-state index is -0.773. The predicted molar refractivity (Wildman–Crippen MR) is 256 cm³/mol. The Morgan fingerprint density at radius 3 is 0.983 bits per heavy atom. The zero-order valence-electron chi connectivity index (χ0n) is 40.0. The molecule has 0 N–H and O–H groups in total. The summed E-state index contributed by atoms with van der Waals surface area (Å²) in [6, 6.07) is 0. The average molecular weight is 843 g/mol. The molecule has 0 saturated heterocycles. The summed E-state index contributed by atoms with van der Waals surface area (Å²) >= 11 is 0. The lowest BCUT2D eigenvalue weighted by atomic mass is 10.1. The number of ether oxygens (including phenoxy) is 3. The van der Waals surface area contributed by atoms with Crippen molar-refractivity contribution in [3.63, 3.8) is 0 Å². The first-order chi connectivity index (χ1) is 29.5. The molecule has 0 amide bonds. The van der Waals surface area contributed by atoms with E-state index in [-0.39, 0.29) is 31.1 Å². The molecule has 0 fully saturated rings. The largest absolute Gasteiger partial charge is 0.462 e. The van der Waals surface area contributed by atoms with Crippen LogP contribution in [0.4, 0.5) is 0 Å². The van der Waals surface area contributed by atoms with Crippen LogP contribution in [0.1, 0.15) is 271 Å². The molecule has 1 atom stereocenters. The highest BCUT2D eigenvalue weighted by Crippen LogP contribution is 2.15. The standard InChI is InChI=1S/C54H98O6/c1-4-7-10-13-16-19-22-24-25-26-27-28-29-31-32-35-38-41-44-47-53(56)59-50-51(49-58-52(55)46-43-40-37-34-21-18-15-12-9-6-3)60-54(57)48-45-42-39-36-33-30-23-20-17-14-11-8-5-2/h16,19-20,23-25,51H,4-15,17-18,21-22,26-50H2,1-3H3/b19-16-,23-20-,25-24-. The molecule has 0 radical (unpaired) electrons. The molecule has 0 spiro atoms. The van der Waals surface area contributed by atoms with Gasteiger partial charge in [0.05, 0.1) is 0 Å². The van der Waals surface area contributed by atoms with Gasteiger partial charge in [0.15, 0.2) is 6.10 Å². The van der Waals surface area contributed by atoms with Crippen molar-refractivity contribution in [2.45, 2.75) is 277 Å². The van der Waals surface area contributed by atoms with Crippen molar-refractivity contribution in [2.75, 3.05) is 13.2 Å². The molecular weight excluding hydrogens is 745 g/mol. The lowest BCUT2D eigenvalue weighted by molar-refractivity contribution is -0.167. The van der Waals surface area contributed by atoms with Crippen LogP contribution in [0.3, 0.4) is 0 Å². The lowest BCUT2D eigenvalue weighted by Crippen LogP contribution is -2.30. The van der Waals surface area contributed by atoms with Gasteiger partial charge in [-0.3, -0.25) is 14.4 Å². The Labute approximate surface area is 372 Å². The molecule has 0 aliphatic carbocycles. The topological polar surface area (TPSA) is 78.9 Å². The smallest absolute Gasteiger partial charge is 0.306 e. The molecule has 6 nitrogen and oxygen atoms in total. The van der Waals surface area contributed by atoms with Crippen molar-refractivity contribution in [2.24, 2.45) is 0 Å². The van der Waals surface area contributed by atoms with E-state index in [1.54, 1.807) is 0 Å². The van der Waals surface area contributed by atoms with E-state index in [1.165, 1.54) is 161 Å². The van der Waals surface area contributed by atoms with Crippen LogP contribution < -0.4 is 0 Å². The van der Waals surface area contributed by atoms with Gasteiger partial charge in [0, 0.05) is 19.3 Å². The van der Waals surface area contributed by atoms with Gasteiger partial charge in [-0.25, -0.2) is 0 Å². The molecule has 0 aliphatic heterocycles. The summed E-state index contributed by atoms with van der Waals surface area (Å²) < 4.78 is 16.8. The number of carbonyl (C=O) groups excluding carboxylic acids is 3. The molecule has 0 aliphatic rings. The quantitative estimate of drug-likeness (QED) is 0.0263. The van der Waals surface area contributed by atoms with Gasteiger partial charge < -0.3 is 14.2 Å². The third-order valence-corrected chi connectivity index (χ3v) is 11.4. The summed E-state index contributed by atoms with van der Waals surface area (Å²) in [7, 11) is 0. The Morgan fingerprint density at radius 1 is 0.333 bits per heavy atom. The van der Waals surface area contributed by atoms with E-state index in [4.69, 9.17) is 14.2 Å². The van der Waals surface area contributed by atoms with Crippen LogP contribution in [0, 0.1) is 0 Å². The fraction of sp³-hybridized carbons (Fsp3) is 0.833. The van der Waals surface area contributed by atoms with Crippen LogP contribution in [0.25, 0.3) is 0 Å². The summed E-state index contributed by atoms with van der Waals surface area (Å²) in [6.07, 6.45) is 57.0. The number of unbranched alkanes of at least 4 members (excludes halogenated alkanes) is 30. The van der Waals surface area contributed by atoms with Crippen LogP contribution in [-0.2, 0) is 28.6 Å². The summed E-state index contributed by atoms with van der Waals surface area (Å²) in [5, 5.41) is 0. The normalized spacial score (nSPS) is 12.2. The second kappa shape index (κ2) is 49.3. The zero-order chi connectivity index (χ0) is 43.7. The molecule has 350 valence electrons. The molecule has 1 unspecified atom stereocenters. The van der Waals surface area contributed by atoms with Crippen LogP contribution in [0.15, 0.2) is 36.5 Å². The maximum Gasteiger partial charge on any atom is 0.306 e. The molecule has 0 aromatic heterocycles. The van der Waals surface area contributed by atoms with Crippen molar-refractivity contribution >= 4 is 17.9 Å². The number of esters is 3. The second-order valence-corrected chi connectivity index (χ2v) is 17.4. The summed E-state index contributed by atoms with van der Waals surface area (Å²) in [6.45, 7) is 6.59. The first kappa shape index (κ1) is 57.6. The molecule has 0 aromatic rings. The van der Waals surface area contributed by atoms with E-state index >= 15 is 0 Å². The molecular formula is C54H98O6. The van der Waals surface area contributed by atoms with Gasteiger partial charge in [-0.15, -0.1) is 0 Å². The van der Waals surface area contributed by atoms with Gasteiger partial charge in [-0.1, -0.05) is 211 Å². The van der Waals surface area contributed by atoms with Crippen molar-refractivity contribution < 1.29 is 28.6 Å². The van der Waals surface area contributed by atoms with E-state index in [2.05, 4.69) is 57.2 Å². The first-order valence-corrected chi connectivity index (χ1v) is 26.0. The highest BCUT2D eigenvalue weighted by molar-refractivity contribution is 5.71. The highest BCUT2D eigenvalue weighted by atomic mass is 16.6. The summed E-state index contributed by atoms with van der Waals surface area (Å²) in [4.78, 5) is 37.9. The third kappa shape index (κ3) is 46.7. The van der Waals surface area contributed by atoms with Gasteiger partial charge in [0.2, 0.25) is 0 Å². The van der Waals surface area contributed by atoms with E-state index in [0.717, 1.165) is 70.6 Å². The zero-order valence-corrected chi connectivity index (χ0v) is 40.0. The number of allylic oxidation sites excluding steroid dienone is 6. The minimum Gasteiger partial charge on any atom is -0.462 e. The Morgan fingerprint density at radius 2 is 0.600 bits per heavy atom. The Kier molecular flexibility index (Phi) is 47.3. The molecule has 0 saturated carbocycles. The molecule has 60 heavy (non-hydrogen) atoms. The third-order valence-electron chi connectivity index (χ3n) is 11.4. The van der Waals surface area contributed by atoms with Gasteiger partial charge in [-0.2, -0.15) is 0 Å². The maximum absolute atomic E-state index is 12.8. The van der Waals surface area contributed by atoms with Gasteiger partial charge >= 0.3 is 17.9 Å². The number of rotatable bonds is 47. The molecule has 0 bridgehead atoms. The Bertz CT molecular complexity index is 1020. The predicted octanol–water partition coefficient (Wildman–Crippen LogP) is 16.9. The van der Waals surface area contributed by atoms with E-state index in [1.807, 2.05) is 0 Å². The monoisotopic (exact) mass is 843 g/mol. The van der Waals surface area contributed by atoms with Crippen LogP contribution in [0.2, 0.25) is 0 Å². The second-order valence-electron chi connectivity index (χ2n) is 17.4. The maximum atomic E-state index is 12.8. The van der Waals surface area contributed by atoms with E-state index in [9.17, 15) is 14.4 Å². The van der Waals surface area contributed by atoms with Crippen molar-refractivity contribution in [3.05, 3.63) is 36.5 Å². The van der Waals surface area contributed by atoms with Gasteiger partial charge in [0.25, 0.3) is 0 Å². The SMILES string of the molecule is CCCCC/C=C\C/C=C\CCCCCCCCCCCC(=O)OCC(COC(=O)CCCCCCCCCCCC)OC(=O)CCCCCCC/C=C\CCCCCC. The van der Waals surface area contributed by atoms with Gasteiger partial charge in [0.1, 0.15) is 13.2 Å². The van der Waals surface area contributed by atoms with Crippen LogP contribution in [0.5, 0.6) is 0 Å². The average Bonchev–Trinajstić information content (AvgIpc) is 3.24. The fourth-order valence-electron chi connectivity index (χ4n) is 7.41. The van der Waals surface area contributed by atoms with Gasteiger partial charge in [-0.05, 0) is 77.0 Å². The molecule has 6 heteroatoms. The molecule has 0 heterocycles. The molecule has 0 rings (SSSR count). The van der Waals surface area contributed by atoms with Crippen molar-refractivity contribution in [1.29, 1.82) is 0 Å². The summed E-state index contributed by atoms with van der Waals surface area (Å²) in [5.74, 6) is -0.880. The Hall–Kier alpha value is -2.37.